The number of halogens is 1. The Kier molecular flexibility index (Phi) is 6.03. The summed E-state index contributed by atoms with van der Waals surface area (Å²) >= 11 is 6.86. The van der Waals surface area contributed by atoms with E-state index in [0.29, 0.717) is 10.6 Å². The molecule has 1 aromatic carbocycles. The number of carbonyl (C=O) groups is 1. The minimum absolute atomic E-state index is 0.0880. The number of sulfonamides is 1. The molecule has 0 fully saturated rings. The van der Waals surface area contributed by atoms with E-state index in [9.17, 15) is 13.2 Å². The van der Waals surface area contributed by atoms with Crippen LogP contribution in [0, 0.1) is 0 Å². The van der Waals surface area contributed by atoms with Gasteiger partial charge in [0.15, 0.2) is 0 Å². The first-order valence-electron chi connectivity index (χ1n) is 7.98. The first-order chi connectivity index (χ1) is 13.3. The lowest BCUT2D eigenvalue weighted by Gasteiger charge is -2.11. The number of hydrogen-bond donors (Lipinski definition) is 1. The molecule has 0 saturated carbocycles. The zero-order valence-corrected chi connectivity index (χ0v) is 17.2. The Labute approximate surface area is 169 Å². The molecule has 0 atom stereocenters. The zero-order valence-electron chi connectivity index (χ0n) is 14.8. The van der Waals surface area contributed by atoms with Gasteiger partial charge >= 0.3 is 0 Å². The highest BCUT2D eigenvalue weighted by Gasteiger charge is 2.28. The highest BCUT2D eigenvalue weighted by Crippen LogP contribution is 2.26. The van der Waals surface area contributed by atoms with Crippen LogP contribution in [-0.2, 0) is 21.4 Å². The number of aromatic nitrogens is 4. The summed E-state index contributed by atoms with van der Waals surface area (Å²) < 4.78 is 31.2. The zero-order chi connectivity index (χ0) is 20.3. The molecule has 2 heterocycles. The van der Waals surface area contributed by atoms with Gasteiger partial charge in [0, 0.05) is 19.0 Å². The Morgan fingerprint density at radius 1 is 1.32 bits per heavy atom. The third-order valence-corrected chi connectivity index (χ3v) is 6.86. The first-order valence-corrected chi connectivity index (χ1v) is 10.6. The molecule has 0 aliphatic heterocycles. The van der Waals surface area contributed by atoms with Crippen LogP contribution >= 0.6 is 22.9 Å². The van der Waals surface area contributed by atoms with Gasteiger partial charge in [0.05, 0.1) is 11.6 Å². The molecule has 0 saturated heterocycles. The maximum atomic E-state index is 12.6. The van der Waals surface area contributed by atoms with Gasteiger partial charge in [-0.2, -0.15) is 9.29 Å². The van der Waals surface area contributed by atoms with Crippen molar-refractivity contribution in [2.45, 2.75) is 24.2 Å². The Balaban J connectivity index is 1.75. The van der Waals surface area contributed by atoms with Crippen LogP contribution in [0.15, 0.2) is 33.1 Å². The van der Waals surface area contributed by atoms with Gasteiger partial charge in [-0.05, 0) is 12.1 Å². The van der Waals surface area contributed by atoms with Gasteiger partial charge in [-0.3, -0.25) is 4.79 Å². The van der Waals surface area contributed by atoms with Gasteiger partial charge in [0.2, 0.25) is 27.1 Å². The van der Waals surface area contributed by atoms with E-state index in [1.165, 1.54) is 7.05 Å². The van der Waals surface area contributed by atoms with E-state index in [1.807, 2.05) is 0 Å². The van der Waals surface area contributed by atoms with Gasteiger partial charge in [0.1, 0.15) is 0 Å². The Morgan fingerprint density at radius 2 is 2.07 bits per heavy atom. The lowest BCUT2D eigenvalue weighted by atomic mass is 10.2. The summed E-state index contributed by atoms with van der Waals surface area (Å²) in [5.74, 6) is 0.0586. The fourth-order valence-corrected chi connectivity index (χ4v) is 4.50. The predicted molar refractivity (Wildman–Crippen MR) is 102 cm³/mol. The molecule has 0 aliphatic rings. The van der Waals surface area contributed by atoms with Crippen molar-refractivity contribution in [3.63, 3.8) is 0 Å². The average Bonchev–Trinajstić information content (AvgIpc) is 3.32. The molecule has 0 unspecified atom stereocenters. The summed E-state index contributed by atoms with van der Waals surface area (Å²) in [4.78, 5) is 15.6. The second-order valence-electron chi connectivity index (χ2n) is 5.53. The minimum atomic E-state index is -3.95. The van der Waals surface area contributed by atoms with Gasteiger partial charge in [-0.15, -0.1) is 10.2 Å². The molecule has 3 aromatic rings. The Morgan fingerprint density at radius 3 is 2.79 bits per heavy atom. The summed E-state index contributed by atoms with van der Waals surface area (Å²) in [5, 5.41) is 14.2. The average molecular weight is 443 g/mol. The maximum Gasteiger partial charge on any atom is 0.272 e. The monoisotopic (exact) mass is 442 g/mol. The van der Waals surface area contributed by atoms with Gasteiger partial charge in [-0.25, -0.2) is 8.42 Å². The number of hydrogen-bond acceptors (Lipinski definition) is 9. The van der Waals surface area contributed by atoms with Crippen molar-refractivity contribution in [1.82, 2.24) is 24.6 Å². The van der Waals surface area contributed by atoms with Crippen molar-refractivity contribution in [2.24, 2.45) is 0 Å². The molecule has 3 rings (SSSR count). The van der Waals surface area contributed by atoms with Crippen LogP contribution in [0.5, 0.6) is 0 Å². The molecule has 13 heteroatoms. The van der Waals surface area contributed by atoms with E-state index < -0.39 is 10.0 Å². The summed E-state index contributed by atoms with van der Waals surface area (Å²) in [5.41, 5.74) is 0.574. The molecular formula is C15H15ClN6O4S2. The van der Waals surface area contributed by atoms with E-state index in [-0.39, 0.29) is 40.1 Å². The van der Waals surface area contributed by atoms with Crippen LogP contribution in [0.1, 0.15) is 19.2 Å². The molecule has 0 aliphatic carbocycles. The van der Waals surface area contributed by atoms with Crippen molar-refractivity contribution in [2.75, 3.05) is 12.4 Å². The SMILES string of the molecule is CCC(=O)Nc1nnc(S(=O)(=O)N(C)Cc2nc(-c3ccccc3Cl)no2)s1. The summed E-state index contributed by atoms with van der Waals surface area (Å²) in [6.45, 7) is 1.50. The van der Waals surface area contributed by atoms with Crippen LogP contribution in [0.25, 0.3) is 11.4 Å². The van der Waals surface area contributed by atoms with Crippen molar-refractivity contribution in [1.29, 1.82) is 0 Å². The maximum absolute atomic E-state index is 12.6. The second kappa shape index (κ2) is 8.31. The smallest absolute Gasteiger partial charge is 0.272 e. The lowest BCUT2D eigenvalue weighted by molar-refractivity contribution is -0.115. The molecule has 1 N–H and O–H groups in total. The van der Waals surface area contributed by atoms with Crippen molar-refractivity contribution in [3.8, 4) is 11.4 Å². The minimum Gasteiger partial charge on any atom is -0.338 e. The standard InChI is InChI=1S/C15H15ClN6O4S2/c1-3-11(23)17-14-19-20-15(27-14)28(24,25)22(2)8-12-18-13(21-26-12)9-6-4-5-7-10(9)16/h4-7H,3,8H2,1-2H3,(H,17,19,23). The molecule has 10 nitrogen and oxygen atoms in total. The molecule has 28 heavy (non-hydrogen) atoms. The quantitative estimate of drug-likeness (QED) is 0.552. The third kappa shape index (κ3) is 4.35. The van der Waals surface area contributed by atoms with Crippen molar-refractivity contribution in [3.05, 3.63) is 35.2 Å². The highest BCUT2D eigenvalue weighted by atomic mass is 35.5. The van der Waals surface area contributed by atoms with E-state index in [2.05, 4.69) is 25.7 Å². The van der Waals surface area contributed by atoms with E-state index in [4.69, 9.17) is 16.1 Å². The van der Waals surface area contributed by atoms with Gasteiger partial charge < -0.3 is 9.84 Å². The largest absolute Gasteiger partial charge is 0.338 e. The van der Waals surface area contributed by atoms with E-state index in [0.717, 1.165) is 15.6 Å². The fourth-order valence-electron chi connectivity index (χ4n) is 2.05. The van der Waals surface area contributed by atoms with Crippen LogP contribution < -0.4 is 5.32 Å². The summed E-state index contributed by atoms with van der Waals surface area (Å²) in [7, 11) is -2.60. The Hall–Kier alpha value is -2.41. The summed E-state index contributed by atoms with van der Waals surface area (Å²) in [6, 6.07) is 6.96. The van der Waals surface area contributed by atoms with E-state index >= 15 is 0 Å². The summed E-state index contributed by atoms with van der Waals surface area (Å²) in [6.07, 6.45) is 0.243. The number of nitrogens with one attached hydrogen (secondary N) is 1. The topological polar surface area (TPSA) is 131 Å². The van der Waals surface area contributed by atoms with Crippen LogP contribution in [-0.4, -0.2) is 46.0 Å². The van der Waals surface area contributed by atoms with Crippen LogP contribution in [0.3, 0.4) is 0 Å². The van der Waals surface area contributed by atoms with E-state index in [1.54, 1.807) is 31.2 Å². The number of carbonyl (C=O) groups excluding carboxylic acids is 1. The molecule has 2 aromatic heterocycles. The third-order valence-electron chi connectivity index (χ3n) is 3.55. The predicted octanol–water partition coefficient (Wildman–Crippen LogP) is 2.41. The fraction of sp³-hybridized carbons (Fsp3) is 0.267. The number of benzene rings is 1. The normalized spacial score (nSPS) is 11.7. The second-order valence-corrected chi connectivity index (χ2v) is 9.13. The van der Waals surface area contributed by atoms with Crippen molar-refractivity contribution < 1.29 is 17.7 Å². The van der Waals surface area contributed by atoms with Gasteiger partial charge in [0.25, 0.3) is 10.0 Å². The molecule has 148 valence electrons. The number of anilines is 1. The van der Waals surface area contributed by atoms with Crippen LogP contribution in [0.4, 0.5) is 5.13 Å². The molecular weight excluding hydrogens is 428 g/mol. The van der Waals surface area contributed by atoms with Crippen LogP contribution in [0.2, 0.25) is 5.02 Å². The number of amides is 1. The van der Waals surface area contributed by atoms with Gasteiger partial charge in [-0.1, -0.05) is 47.2 Å². The highest BCUT2D eigenvalue weighted by molar-refractivity contribution is 7.91. The Bertz CT molecular complexity index is 1100. The van der Waals surface area contributed by atoms with Crippen molar-refractivity contribution >= 4 is 44.0 Å². The number of rotatable bonds is 7. The molecule has 0 bridgehead atoms. The molecule has 0 radical (unpaired) electrons. The first kappa shape index (κ1) is 20.3. The molecule has 0 spiro atoms. The number of nitrogens with zero attached hydrogens (tertiary/aromatic N) is 5. The lowest BCUT2D eigenvalue weighted by Crippen LogP contribution is -2.26. The molecule has 1 amide bonds.